The summed E-state index contributed by atoms with van der Waals surface area (Å²) < 4.78 is 0. The van der Waals surface area contributed by atoms with Crippen LogP contribution >= 0.6 is 0 Å². The summed E-state index contributed by atoms with van der Waals surface area (Å²) in [5, 5.41) is 4.48. The zero-order valence-electron chi connectivity index (χ0n) is 9.63. The minimum Gasteiger partial charge on any atom is -0.681 e. The van der Waals surface area contributed by atoms with Gasteiger partial charge in [0.1, 0.15) is 0 Å². The maximum absolute atomic E-state index is 4.48. The van der Waals surface area contributed by atoms with Crippen molar-refractivity contribution < 1.29 is 0 Å². The average Bonchev–Trinajstić information content (AvgIpc) is 2.29. The quantitative estimate of drug-likeness (QED) is 0.533. The Hall–Kier alpha value is -1.59. The molecule has 2 heteroatoms. The molecule has 0 amide bonds. The van der Waals surface area contributed by atoms with Crippen molar-refractivity contribution in [2.75, 3.05) is 0 Å². The predicted molar refractivity (Wildman–Crippen MR) is 71.8 cm³/mol. The Labute approximate surface area is 102 Å². The van der Waals surface area contributed by atoms with E-state index in [-0.39, 0.29) is 17.5 Å². The van der Waals surface area contributed by atoms with E-state index < -0.39 is 0 Å². The van der Waals surface area contributed by atoms with Gasteiger partial charge in [0, 0.05) is 0 Å². The molecule has 0 unspecified atom stereocenters. The van der Waals surface area contributed by atoms with Crippen molar-refractivity contribution in [2.24, 2.45) is 0 Å². The largest absolute Gasteiger partial charge is 2.00 e. The van der Waals surface area contributed by atoms with Gasteiger partial charge in [-0.15, -0.1) is 12.2 Å². The van der Waals surface area contributed by atoms with E-state index in [0.29, 0.717) is 0 Å². The van der Waals surface area contributed by atoms with Crippen molar-refractivity contribution in [1.29, 1.82) is 0 Å². The van der Waals surface area contributed by atoms with Crippen LogP contribution in [0.4, 0.5) is 5.69 Å². The van der Waals surface area contributed by atoms with Crippen LogP contribution in [-0.2, 0) is 6.54 Å². The number of nitrogens with zero attached hydrogens (tertiary/aromatic N) is 1. The van der Waals surface area contributed by atoms with Crippen LogP contribution in [0.5, 0.6) is 0 Å². The number of benzene rings is 2. The number of rotatable bonds is 3. The summed E-state index contributed by atoms with van der Waals surface area (Å²) in [7, 11) is 0. The first-order valence-corrected chi connectivity index (χ1v) is 4.71. The van der Waals surface area contributed by atoms with Crippen LogP contribution in [0.25, 0.3) is 5.32 Å². The molecule has 16 heavy (non-hydrogen) atoms. The molecule has 78 valence electrons. The number of hydrogen-bond acceptors (Lipinski definition) is 0. The third-order valence-corrected chi connectivity index (χ3v) is 2.04. The summed E-state index contributed by atoms with van der Waals surface area (Å²) in [6.07, 6.45) is 0. The van der Waals surface area contributed by atoms with Crippen LogP contribution in [-0.4, -0.2) is 10.1 Å². The minimum atomic E-state index is 0. The summed E-state index contributed by atoms with van der Waals surface area (Å²) >= 11 is 0. The molecule has 2 aromatic carbocycles. The van der Waals surface area contributed by atoms with Gasteiger partial charge in [-0.05, 0) is 0 Å². The number of hydrogen-bond donors (Lipinski definition) is 0. The molecule has 0 radical (unpaired) electrons. The Balaban J connectivity index is 0.00000112. The number of para-hydroxylation sites is 1. The molecule has 0 saturated carbocycles. The van der Waals surface area contributed by atoms with Crippen molar-refractivity contribution in [3.05, 3.63) is 79.0 Å². The fourth-order valence-electron chi connectivity index (χ4n) is 1.30. The van der Waals surface area contributed by atoms with E-state index in [9.17, 15) is 0 Å². The van der Waals surface area contributed by atoms with E-state index in [2.05, 4.69) is 17.4 Å². The summed E-state index contributed by atoms with van der Waals surface area (Å²) in [4.78, 5) is 0. The Bertz CT molecular complexity index is 333. The summed E-state index contributed by atoms with van der Waals surface area (Å²) in [6.45, 7) is 0.755. The molecular weight excluding hydrogens is 191 g/mol. The Morgan fingerprint density at radius 3 is 1.81 bits per heavy atom. The van der Waals surface area contributed by atoms with Gasteiger partial charge in [-0.1, -0.05) is 66.2 Å². The summed E-state index contributed by atoms with van der Waals surface area (Å²) in [5.41, 5.74) is 2.28. The van der Waals surface area contributed by atoms with Crippen molar-refractivity contribution in [2.45, 2.75) is 6.54 Å². The van der Waals surface area contributed by atoms with Gasteiger partial charge < -0.3 is 12.7 Å². The van der Waals surface area contributed by atoms with Crippen LogP contribution in [0, 0.1) is 7.43 Å². The third-order valence-electron chi connectivity index (χ3n) is 2.04. The van der Waals surface area contributed by atoms with Crippen molar-refractivity contribution in [3.63, 3.8) is 0 Å². The topological polar surface area (TPSA) is 14.1 Å². The second kappa shape index (κ2) is 7.67. The van der Waals surface area contributed by atoms with Gasteiger partial charge in [0.05, 0.1) is 0 Å². The molecular formula is C14H15BeN. The predicted octanol–water partition coefficient (Wildman–Crippen LogP) is 3.96. The van der Waals surface area contributed by atoms with Gasteiger partial charge in [0.15, 0.2) is 0 Å². The minimum absolute atomic E-state index is 0. The second-order valence-electron chi connectivity index (χ2n) is 3.14. The summed E-state index contributed by atoms with van der Waals surface area (Å²) in [5.74, 6) is 0. The van der Waals surface area contributed by atoms with Gasteiger partial charge in [-0.3, -0.25) is 0 Å². The third kappa shape index (κ3) is 4.29. The van der Waals surface area contributed by atoms with E-state index in [1.54, 1.807) is 0 Å². The standard InChI is InChI=1S/C13H12N.CH3.Be/c1-3-7-12(8-4-1)11-14-13-9-5-2-6-10-13;;/h1-10H,11H2;1H3;/q2*-1;+2. The molecule has 0 heterocycles. The fraction of sp³-hybridized carbons (Fsp3) is 0.0714. The van der Waals surface area contributed by atoms with E-state index >= 15 is 0 Å². The first kappa shape index (κ1) is 14.4. The fourth-order valence-corrected chi connectivity index (χ4v) is 1.30. The normalized spacial score (nSPS) is 8.50. The van der Waals surface area contributed by atoms with Crippen LogP contribution in [0.2, 0.25) is 0 Å². The molecule has 0 N–H and O–H groups in total. The maximum Gasteiger partial charge on any atom is 2.00 e. The Kier molecular flexibility index (Phi) is 6.91. The molecule has 0 aliphatic heterocycles. The molecule has 0 saturated heterocycles. The first-order valence-electron chi connectivity index (χ1n) is 4.71. The SMILES string of the molecule is [Be+2].[CH3-].c1ccc(C[N-]c2ccccc2)cc1. The van der Waals surface area contributed by atoms with Crippen molar-refractivity contribution in [3.8, 4) is 0 Å². The van der Waals surface area contributed by atoms with E-state index in [0.717, 1.165) is 12.2 Å². The zero-order chi connectivity index (χ0) is 9.64. The molecule has 0 atom stereocenters. The van der Waals surface area contributed by atoms with Gasteiger partial charge >= 0.3 is 10.1 Å². The van der Waals surface area contributed by atoms with Gasteiger partial charge in [-0.25, -0.2) is 0 Å². The smallest absolute Gasteiger partial charge is 0.681 e. The second-order valence-corrected chi connectivity index (χ2v) is 3.14. The Morgan fingerprint density at radius 1 is 0.750 bits per heavy atom. The molecule has 0 aliphatic rings. The molecule has 0 bridgehead atoms. The molecule has 0 aromatic heterocycles. The summed E-state index contributed by atoms with van der Waals surface area (Å²) in [6, 6.07) is 20.3. The van der Waals surface area contributed by atoms with Crippen LogP contribution in [0.3, 0.4) is 0 Å². The molecule has 0 spiro atoms. The van der Waals surface area contributed by atoms with E-state index in [1.807, 2.05) is 48.5 Å². The molecule has 2 rings (SSSR count). The van der Waals surface area contributed by atoms with Crippen LogP contribution in [0.15, 0.2) is 60.7 Å². The van der Waals surface area contributed by atoms with Crippen LogP contribution in [0.1, 0.15) is 5.56 Å². The maximum atomic E-state index is 4.48. The average molecular weight is 206 g/mol. The molecule has 1 nitrogen and oxygen atoms in total. The zero-order valence-corrected chi connectivity index (χ0v) is 9.63. The molecule has 0 fully saturated rings. The van der Waals surface area contributed by atoms with E-state index in [1.165, 1.54) is 5.56 Å². The molecule has 0 aliphatic carbocycles. The van der Waals surface area contributed by atoms with Crippen molar-refractivity contribution >= 4 is 15.8 Å². The molecule has 2 aromatic rings. The van der Waals surface area contributed by atoms with Crippen molar-refractivity contribution in [1.82, 2.24) is 0 Å². The Morgan fingerprint density at radius 2 is 1.25 bits per heavy atom. The van der Waals surface area contributed by atoms with Gasteiger partial charge in [0.25, 0.3) is 0 Å². The van der Waals surface area contributed by atoms with E-state index in [4.69, 9.17) is 0 Å². The van der Waals surface area contributed by atoms with Gasteiger partial charge in [0.2, 0.25) is 0 Å². The van der Waals surface area contributed by atoms with Gasteiger partial charge in [-0.2, -0.15) is 0 Å². The monoisotopic (exact) mass is 206 g/mol. The van der Waals surface area contributed by atoms with Crippen LogP contribution < -0.4 is 0 Å². The first-order chi connectivity index (χ1) is 6.95.